The van der Waals surface area contributed by atoms with Gasteiger partial charge in [0.2, 0.25) is 0 Å². The quantitative estimate of drug-likeness (QED) is 0.282. The van der Waals surface area contributed by atoms with Crippen molar-refractivity contribution in [1.82, 2.24) is 15.9 Å². The summed E-state index contributed by atoms with van der Waals surface area (Å²) < 4.78 is 5.05. The fraction of sp³-hybridized carbons (Fsp3) is 0.909. The van der Waals surface area contributed by atoms with Crippen LogP contribution in [0.25, 0.3) is 0 Å². The van der Waals surface area contributed by atoms with Gasteiger partial charge in [-0.1, -0.05) is 19.3 Å². The molecule has 6 heteroatoms. The van der Waals surface area contributed by atoms with Crippen molar-refractivity contribution in [3.63, 3.8) is 0 Å². The molecule has 0 aromatic heterocycles. The second-order valence-electron chi connectivity index (χ2n) is 4.62. The van der Waals surface area contributed by atoms with Gasteiger partial charge in [-0.25, -0.2) is 5.43 Å². The van der Waals surface area contributed by atoms with E-state index in [-0.39, 0.29) is 11.4 Å². The number of halogens is 1. The van der Waals surface area contributed by atoms with E-state index in [4.69, 9.17) is 16.5 Å². The Morgan fingerprint density at radius 3 is 2.65 bits per heavy atom. The topological polar surface area (TPSA) is 62.4 Å². The van der Waals surface area contributed by atoms with Gasteiger partial charge in [0.15, 0.2) is 0 Å². The van der Waals surface area contributed by atoms with Gasteiger partial charge < -0.3 is 4.74 Å². The van der Waals surface area contributed by atoms with Gasteiger partial charge in [0.05, 0.1) is 13.0 Å². The third kappa shape index (κ3) is 5.21. The molecule has 0 spiro atoms. The molecule has 0 radical (unpaired) electrons. The minimum Gasteiger partial charge on any atom is -0.466 e. The number of esters is 1. The first-order valence-electron chi connectivity index (χ1n) is 6.21. The van der Waals surface area contributed by atoms with Gasteiger partial charge in [-0.2, -0.15) is 10.5 Å². The summed E-state index contributed by atoms with van der Waals surface area (Å²) in [6.45, 7) is 3.00. The lowest BCUT2D eigenvalue weighted by atomic mass is 9.72. The molecule has 0 saturated heterocycles. The van der Waals surface area contributed by atoms with Crippen molar-refractivity contribution in [3.8, 4) is 0 Å². The van der Waals surface area contributed by atoms with E-state index in [1.54, 1.807) is 0 Å². The Balaban J connectivity index is 2.48. The van der Waals surface area contributed by atoms with Crippen LogP contribution in [0, 0.1) is 5.41 Å². The molecular formula is C11H22ClN3O2. The molecule has 0 atom stereocenters. The number of hydrogen-bond acceptors (Lipinski definition) is 5. The SMILES string of the molecule is CCOC(=O)CC1(CNNNCl)CCCCC1. The zero-order valence-electron chi connectivity index (χ0n) is 10.4. The van der Waals surface area contributed by atoms with Gasteiger partial charge in [-0.3, -0.25) is 4.79 Å². The normalized spacial score (nSPS) is 18.9. The van der Waals surface area contributed by atoms with Crippen LogP contribution in [-0.2, 0) is 9.53 Å². The van der Waals surface area contributed by atoms with Crippen LogP contribution in [0.15, 0.2) is 0 Å². The van der Waals surface area contributed by atoms with E-state index in [1.165, 1.54) is 19.3 Å². The lowest BCUT2D eigenvalue weighted by Gasteiger charge is -2.36. The number of rotatable bonds is 7. The van der Waals surface area contributed by atoms with Gasteiger partial charge in [0.1, 0.15) is 0 Å². The van der Waals surface area contributed by atoms with Crippen LogP contribution in [0.2, 0.25) is 0 Å². The Hall–Kier alpha value is -0.360. The Labute approximate surface area is 108 Å². The summed E-state index contributed by atoms with van der Waals surface area (Å²) >= 11 is 5.30. The number of ether oxygens (including phenoxy) is 1. The molecule has 3 N–H and O–H groups in total. The highest BCUT2D eigenvalue weighted by Gasteiger charge is 2.34. The molecule has 0 amide bonds. The fourth-order valence-electron chi connectivity index (χ4n) is 2.50. The average molecular weight is 264 g/mol. The molecule has 0 aromatic carbocycles. The van der Waals surface area contributed by atoms with Gasteiger partial charge in [0.25, 0.3) is 0 Å². The first-order valence-corrected chi connectivity index (χ1v) is 6.59. The highest BCUT2D eigenvalue weighted by atomic mass is 35.5. The highest BCUT2D eigenvalue weighted by Crippen LogP contribution is 2.38. The van der Waals surface area contributed by atoms with E-state index in [0.29, 0.717) is 19.6 Å². The predicted molar refractivity (Wildman–Crippen MR) is 66.9 cm³/mol. The van der Waals surface area contributed by atoms with Gasteiger partial charge in [-0.15, -0.1) is 0 Å². The Morgan fingerprint density at radius 2 is 2.06 bits per heavy atom. The van der Waals surface area contributed by atoms with Crippen LogP contribution in [0.5, 0.6) is 0 Å². The molecule has 1 rings (SSSR count). The van der Waals surface area contributed by atoms with Crippen molar-refractivity contribution in [2.75, 3.05) is 13.2 Å². The first-order chi connectivity index (χ1) is 8.22. The summed E-state index contributed by atoms with van der Waals surface area (Å²) in [6, 6.07) is 0. The van der Waals surface area contributed by atoms with Crippen molar-refractivity contribution in [3.05, 3.63) is 0 Å². The van der Waals surface area contributed by atoms with Crippen LogP contribution < -0.4 is 15.9 Å². The molecule has 17 heavy (non-hydrogen) atoms. The highest BCUT2D eigenvalue weighted by molar-refractivity contribution is 6.13. The van der Waals surface area contributed by atoms with E-state index >= 15 is 0 Å². The van der Waals surface area contributed by atoms with Crippen LogP contribution in [0.4, 0.5) is 0 Å². The largest absolute Gasteiger partial charge is 0.466 e. The van der Waals surface area contributed by atoms with Crippen molar-refractivity contribution >= 4 is 17.7 Å². The zero-order chi connectivity index (χ0) is 12.6. The first kappa shape index (κ1) is 14.7. The molecule has 0 heterocycles. The van der Waals surface area contributed by atoms with Crippen LogP contribution >= 0.6 is 11.8 Å². The molecule has 100 valence electrons. The molecule has 0 aliphatic heterocycles. The number of nitrogens with one attached hydrogen (secondary N) is 3. The summed E-state index contributed by atoms with van der Waals surface area (Å²) in [5.74, 6) is -0.102. The molecule has 0 unspecified atom stereocenters. The van der Waals surface area contributed by atoms with E-state index < -0.39 is 0 Å². The third-order valence-electron chi connectivity index (χ3n) is 3.34. The van der Waals surface area contributed by atoms with Crippen molar-refractivity contribution in [2.24, 2.45) is 5.41 Å². The summed E-state index contributed by atoms with van der Waals surface area (Å²) in [5, 5.41) is 0. The predicted octanol–water partition coefficient (Wildman–Crippen LogP) is 1.64. The van der Waals surface area contributed by atoms with Crippen molar-refractivity contribution in [1.29, 1.82) is 0 Å². The number of carbonyl (C=O) groups is 1. The Kier molecular flexibility index (Phi) is 6.80. The Morgan fingerprint density at radius 1 is 1.35 bits per heavy atom. The minimum atomic E-state index is -0.102. The van der Waals surface area contributed by atoms with Crippen LogP contribution in [0.1, 0.15) is 45.4 Å². The lowest BCUT2D eigenvalue weighted by molar-refractivity contribution is -0.146. The number of carbonyl (C=O) groups excluding carboxylic acids is 1. The smallest absolute Gasteiger partial charge is 0.306 e. The molecule has 0 aromatic rings. The van der Waals surface area contributed by atoms with E-state index in [9.17, 15) is 4.79 Å². The maximum atomic E-state index is 11.6. The van der Waals surface area contributed by atoms with E-state index in [1.807, 2.05) is 6.92 Å². The van der Waals surface area contributed by atoms with Crippen LogP contribution in [-0.4, -0.2) is 19.1 Å². The van der Waals surface area contributed by atoms with Crippen LogP contribution in [0.3, 0.4) is 0 Å². The molecule has 0 bridgehead atoms. The minimum absolute atomic E-state index is 0.00520. The standard InChI is InChI=1S/C11H22ClN3O2/c1-2-17-10(16)8-11(9-13-15-14-12)6-4-3-5-7-11/h13-15H,2-9H2,1H3. The van der Waals surface area contributed by atoms with Crippen molar-refractivity contribution in [2.45, 2.75) is 45.4 Å². The molecule has 1 saturated carbocycles. The average Bonchev–Trinajstić information content (AvgIpc) is 2.30. The van der Waals surface area contributed by atoms with E-state index in [2.05, 4.69) is 15.9 Å². The monoisotopic (exact) mass is 263 g/mol. The molecule has 5 nitrogen and oxygen atoms in total. The summed E-state index contributed by atoms with van der Waals surface area (Å²) in [4.78, 5) is 13.9. The summed E-state index contributed by atoms with van der Waals surface area (Å²) in [5.41, 5.74) is 5.64. The maximum Gasteiger partial charge on any atom is 0.306 e. The zero-order valence-corrected chi connectivity index (χ0v) is 11.1. The number of hydrogen-bond donors (Lipinski definition) is 3. The van der Waals surface area contributed by atoms with E-state index in [0.717, 1.165) is 12.8 Å². The maximum absolute atomic E-state index is 11.6. The van der Waals surface area contributed by atoms with Gasteiger partial charge in [-0.05, 0) is 37.0 Å². The second kappa shape index (κ2) is 7.87. The lowest BCUT2D eigenvalue weighted by Crippen LogP contribution is -2.46. The molecule has 1 aliphatic carbocycles. The van der Waals surface area contributed by atoms with Gasteiger partial charge in [0, 0.05) is 6.54 Å². The third-order valence-corrected chi connectivity index (χ3v) is 3.43. The van der Waals surface area contributed by atoms with Crippen molar-refractivity contribution < 1.29 is 9.53 Å². The molecule has 1 fully saturated rings. The van der Waals surface area contributed by atoms with Gasteiger partial charge >= 0.3 is 5.97 Å². The Bertz CT molecular complexity index is 233. The second-order valence-corrected chi connectivity index (χ2v) is 4.80. The summed E-state index contributed by atoms with van der Waals surface area (Å²) in [7, 11) is 0. The molecule has 1 aliphatic rings. The summed E-state index contributed by atoms with van der Waals surface area (Å²) in [6.07, 6.45) is 6.21. The number of hydrazine groups is 2. The molecular weight excluding hydrogens is 242 g/mol. The fourth-order valence-corrected chi connectivity index (χ4v) is 2.57.